The van der Waals surface area contributed by atoms with E-state index in [-0.39, 0.29) is 0 Å². The Morgan fingerprint density at radius 2 is 1.88 bits per heavy atom. The monoisotopic (exact) mass is 230 g/mol. The van der Waals surface area contributed by atoms with Crippen LogP contribution in [0.15, 0.2) is 0 Å². The minimum atomic E-state index is 0.560. The van der Waals surface area contributed by atoms with Crippen molar-refractivity contribution in [3.05, 3.63) is 0 Å². The molecule has 0 N–H and O–H groups in total. The van der Waals surface area contributed by atoms with E-state index in [0.29, 0.717) is 6.10 Å². The van der Waals surface area contributed by atoms with Gasteiger partial charge in [0.2, 0.25) is 0 Å². The number of methoxy groups -OCH3 is 2. The third-order valence-electron chi connectivity index (χ3n) is 3.59. The topological polar surface area (TPSA) is 18.5 Å². The Labute approximate surface area is 102 Å². The molecule has 0 amide bonds. The van der Waals surface area contributed by atoms with Crippen molar-refractivity contribution >= 4 is 0 Å². The van der Waals surface area contributed by atoms with Crippen LogP contribution < -0.4 is 0 Å². The fourth-order valence-corrected chi connectivity index (χ4v) is 2.41. The molecule has 3 atom stereocenters. The summed E-state index contributed by atoms with van der Waals surface area (Å²) >= 11 is 0. The average Bonchev–Trinajstić information content (AvgIpc) is 2.78. The highest BCUT2D eigenvalue weighted by Gasteiger charge is 2.30. The number of rotatable bonds is 5. The van der Waals surface area contributed by atoms with Gasteiger partial charge in [0.15, 0.2) is 0 Å². The molecule has 0 aromatic carbocycles. The summed E-state index contributed by atoms with van der Waals surface area (Å²) in [6.07, 6.45) is 7.01. The molecule has 2 nitrogen and oxygen atoms in total. The van der Waals surface area contributed by atoms with Gasteiger partial charge >= 0.3 is 0 Å². The lowest BCUT2D eigenvalue weighted by Gasteiger charge is -2.23. The zero-order valence-corrected chi connectivity index (χ0v) is 11.8. The Morgan fingerprint density at radius 3 is 2.25 bits per heavy atom. The van der Waals surface area contributed by atoms with Gasteiger partial charge in [-0.1, -0.05) is 33.6 Å². The van der Waals surface area contributed by atoms with Gasteiger partial charge in [-0.05, 0) is 31.1 Å². The van der Waals surface area contributed by atoms with Gasteiger partial charge in [0.1, 0.15) is 0 Å². The Balaban J connectivity index is 0.000000385. The third kappa shape index (κ3) is 5.86. The molecule has 1 rings (SSSR count). The van der Waals surface area contributed by atoms with Gasteiger partial charge in [-0.3, -0.25) is 0 Å². The average molecular weight is 230 g/mol. The van der Waals surface area contributed by atoms with Crippen molar-refractivity contribution in [1.29, 1.82) is 0 Å². The van der Waals surface area contributed by atoms with Crippen molar-refractivity contribution in [2.24, 2.45) is 11.8 Å². The molecule has 1 aliphatic rings. The Kier molecular flexibility index (Phi) is 10.0. The molecule has 0 aliphatic heterocycles. The van der Waals surface area contributed by atoms with Gasteiger partial charge in [0, 0.05) is 20.8 Å². The van der Waals surface area contributed by atoms with Crippen LogP contribution in [-0.4, -0.2) is 26.9 Å². The van der Waals surface area contributed by atoms with Gasteiger partial charge in [-0.15, -0.1) is 0 Å². The number of ether oxygens (including phenoxy) is 2. The molecule has 1 aliphatic carbocycles. The molecule has 0 radical (unpaired) electrons. The van der Waals surface area contributed by atoms with Crippen LogP contribution in [0.25, 0.3) is 0 Å². The highest BCUT2D eigenvalue weighted by Crippen LogP contribution is 2.34. The Bertz CT molecular complexity index is 146. The molecular formula is C14H30O2. The summed E-state index contributed by atoms with van der Waals surface area (Å²) in [5.41, 5.74) is 0. The largest absolute Gasteiger partial charge is 0.385 e. The van der Waals surface area contributed by atoms with Crippen LogP contribution >= 0.6 is 0 Å². The first-order valence-electron chi connectivity index (χ1n) is 6.72. The van der Waals surface area contributed by atoms with Crippen LogP contribution in [0.4, 0.5) is 0 Å². The second kappa shape index (κ2) is 10.1. The summed E-state index contributed by atoms with van der Waals surface area (Å²) in [6.45, 7) is 7.60. The van der Waals surface area contributed by atoms with Gasteiger partial charge in [-0.25, -0.2) is 0 Å². The quantitative estimate of drug-likeness (QED) is 0.713. The summed E-state index contributed by atoms with van der Waals surface area (Å²) in [4.78, 5) is 0. The number of hydrogen-bond acceptors (Lipinski definition) is 2. The molecule has 16 heavy (non-hydrogen) atoms. The highest BCUT2D eigenvalue weighted by atomic mass is 16.5. The molecule has 1 saturated carbocycles. The molecule has 0 aromatic rings. The molecule has 0 saturated heterocycles. The summed E-state index contributed by atoms with van der Waals surface area (Å²) in [7, 11) is 3.56. The second-order valence-corrected chi connectivity index (χ2v) is 4.75. The van der Waals surface area contributed by atoms with Crippen LogP contribution in [0.1, 0.15) is 52.9 Å². The van der Waals surface area contributed by atoms with Crippen LogP contribution in [0, 0.1) is 11.8 Å². The van der Waals surface area contributed by atoms with Crippen LogP contribution in [0.2, 0.25) is 0 Å². The van der Waals surface area contributed by atoms with E-state index in [1.807, 2.05) is 7.11 Å². The molecule has 3 unspecified atom stereocenters. The zero-order chi connectivity index (χ0) is 12.4. The molecule has 0 aromatic heterocycles. The third-order valence-corrected chi connectivity index (χ3v) is 3.59. The molecule has 0 bridgehead atoms. The highest BCUT2D eigenvalue weighted by molar-refractivity contribution is 4.80. The summed E-state index contributed by atoms with van der Waals surface area (Å²) < 4.78 is 10.1. The second-order valence-electron chi connectivity index (χ2n) is 4.75. The first-order chi connectivity index (χ1) is 7.71. The van der Waals surface area contributed by atoms with Crippen molar-refractivity contribution in [3.63, 3.8) is 0 Å². The Morgan fingerprint density at radius 1 is 1.19 bits per heavy atom. The maximum absolute atomic E-state index is 5.45. The molecule has 98 valence electrons. The fourth-order valence-electron chi connectivity index (χ4n) is 2.41. The van der Waals surface area contributed by atoms with E-state index in [0.717, 1.165) is 24.9 Å². The van der Waals surface area contributed by atoms with Crippen molar-refractivity contribution in [2.45, 2.75) is 59.0 Å². The van der Waals surface area contributed by atoms with E-state index < -0.39 is 0 Å². The van der Waals surface area contributed by atoms with Crippen LogP contribution in [0.3, 0.4) is 0 Å². The summed E-state index contributed by atoms with van der Waals surface area (Å²) in [6, 6.07) is 0. The lowest BCUT2D eigenvalue weighted by Crippen LogP contribution is -2.22. The molecule has 0 heterocycles. The zero-order valence-electron chi connectivity index (χ0n) is 11.8. The van der Waals surface area contributed by atoms with Crippen molar-refractivity contribution in [2.75, 3.05) is 20.8 Å². The van der Waals surface area contributed by atoms with E-state index >= 15 is 0 Å². The molecular weight excluding hydrogens is 200 g/mol. The minimum absolute atomic E-state index is 0.560. The van der Waals surface area contributed by atoms with Gasteiger partial charge in [0.25, 0.3) is 0 Å². The van der Waals surface area contributed by atoms with Crippen LogP contribution in [0.5, 0.6) is 0 Å². The SMILES string of the molecule is CCC(C)C1CCCC1OC.CCCOC. The standard InChI is InChI=1S/C10H20O.C4H10O/c1-4-8(2)9-6-5-7-10(9)11-3;1-3-4-5-2/h8-10H,4-7H2,1-3H3;3-4H2,1-2H3. The van der Waals surface area contributed by atoms with Crippen molar-refractivity contribution in [1.82, 2.24) is 0 Å². The Hall–Kier alpha value is -0.0800. The lowest BCUT2D eigenvalue weighted by atomic mass is 9.89. The van der Waals surface area contributed by atoms with E-state index in [2.05, 4.69) is 20.8 Å². The lowest BCUT2D eigenvalue weighted by molar-refractivity contribution is 0.0501. The van der Waals surface area contributed by atoms with E-state index in [4.69, 9.17) is 9.47 Å². The van der Waals surface area contributed by atoms with E-state index in [1.165, 1.54) is 25.7 Å². The van der Waals surface area contributed by atoms with Crippen LogP contribution in [-0.2, 0) is 9.47 Å². The summed E-state index contributed by atoms with van der Waals surface area (Å²) in [5, 5.41) is 0. The van der Waals surface area contributed by atoms with Gasteiger partial charge in [-0.2, -0.15) is 0 Å². The maximum atomic E-state index is 5.45. The summed E-state index contributed by atoms with van der Waals surface area (Å²) in [5.74, 6) is 1.69. The maximum Gasteiger partial charge on any atom is 0.0602 e. The van der Waals surface area contributed by atoms with Crippen molar-refractivity contribution < 1.29 is 9.47 Å². The smallest absolute Gasteiger partial charge is 0.0602 e. The predicted molar refractivity (Wildman–Crippen MR) is 69.8 cm³/mol. The van der Waals surface area contributed by atoms with E-state index in [1.54, 1.807) is 7.11 Å². The molecule has 1 fully saturated rings. The molecule has 2 heteroatoms. The predicted octanol–water partition coefficient (Wildman–Crippen LogP) is 3.89. The normalized spacial score (nSPS) is 26.1. The number of hydrogen-bond donors (Lipinski definition) is 0. The fraction of sp³-hybridized carbons (Fsp3) is 1.00. The first-order valence-corrected chi connectivity index (χ1v) is 6.72. The van der Waals surface area contributed by atoms with E-state index in [9.17, 15) is 0 Å². The molecule has 0 spiro atoms. The van der Waals surface area contributed by atoms with Gasteiger partial charge in [0.05, 0.1) is 6.10 Å². The van der Waals surface area contributed by atoms with Gasteiger partial charge < -0.3 is 9.47 Å². The first kappa shape index (κ1) is 15.9. The van der Waals surface area contributed by atoms with Crippen molar-refractivity contribution in [3.8, 4) is 0 Å². The minimum Gasteiger partial charge on any atom is -0.385 e.